The number of H-pyrrole nitrogens is 1. The molecule has 4 N–H and O–H groups in total. The number of halogens is 1. The second-order valence-electron chi connectivity index (χ2n) is 6.16. The fourth-order valence-corrected chi connectivity index (χ4v) is 3.32. The third-order valence-corrected chi connectivity index (χ3v) is 4.61. The molecule has 0 saturated heterocycles. The normalized spacial score (nSPS) is 17.0. The lowest BCUT2D eigenvalue weighted by atomic mass is 9.71. The quantitative estimate of drug-likeness (QED) is 0.808. The number of aromatic nitrogens is 2. The smallest absolute Gasteiger partial charge is 0.224 e. The van der Waals surface area contributed by atoms with Crippen molar-refractivity contribution in [3.05, 3.63) is 24.4 Å². The number of benzene rings is 1. The van der Waals surface area contributed by atoms with Crippen molar-refractivity contribution in [2.24, 2.45) is 11.1 Å². The number of hydrogen-bond donors (Lipinski definition) is 3. The Bertz CT molecular complexity index is 634. The van der Waals surface area contributed by atoms with Crippen molar-refractivity contribution >= 4 is 34.9 Å². The first-order chi connectivity index (χ1) is 10.2. The van der Waals surface area contributed by atoms with Gasteiger partial charge < -0.3 is 11.1 Å². The van der Waals surface area contributed by atoms with E-state index in [9.17, 15) is 4.79 Å². The highest BCUT2D eigenvalue weighted by Crippen LogP contribution is 2.38. The van der Waals surface area contributed by atoms with Crippen LogP contribution < -0.4 is 11.1 Å². The highest BCUT2D eigenvalue weighted by molar-refractivity contribution is 5.93. The summed E-state index contributed by atoms with van der Waals surface area (Å²) in [5.74, 6) is 0.0567. The summed E-state index contributed by atoms with van der Waals surface area (Å²) >= 11 is 0. The zero-order valence-corrected chi connectivity index (χ0v) is 13.4. The lowest BCUT2D eigenvalue weighted by molar-refractivity contribution is -0.118. The molecule has 1 saturated carbocycles. The number of nitrogens with two attached hydrogens (primary N) is 1. The number of carbonyl (C=O) groups is 1. The van der Waals surface area contributed by atoms with Crippen LogP contribution in [-0.4, -0.2) is 22.6 Å². The Morgan fingerprint density at radius 1 is 1.32 bits per heavy atom. The van der Waals surface area contributed by atoms with Gasteiger partial charge in [-0.1, -0.05) is 19.3 Å². The van der Waals surface area contributed by atoms with Gasteiger partial charge in [0.25, 0.3) is 0 Å². The molecule has 2 aromatic rings. The van der Waals surface area contributed by atoms with Crippen molar-refractivity contribution in [3.63, 3.8) is 0 Å². The van der Waals surface area contributed by atoms with Crippen LogP contribution in [0, 0.1) is 5.41 Å². The number of fused-ring (bicyclic) bond motifs is 1. The van der Waals surface area contributed by atoms with Gasteiger partial charge in [-0.15, -0.1) is 12.4 Å². The van der Waals surface area contributed by atoms with E-state index in [0.29, 0.717) is 13.0 Å². The van der Waals surface area contributed by atoms with E-state index in [1.807, 2.05) is 18.2 Å². The molecule has 5 nitrogen and oxygen atoms in total. The zero-order chi connectivity index (χ0) is 14.7. The van der Waals surface area contributed by atoms with E-state index in [1.54, 1.807) is 6.20 Å². The molecular formula is C16H23ClN4O. The first-order valence-corrected chi connectivity index (χ1v) is 7.64. The molecular weight excluding hydrogens is 300 g/mol. The summed E-state index contributed by atoms with van der Waals surface area (Å²) in [5.41, 5.74) is 7.68. The van der Waals surface area contributed by atoms with Gasteiger partial charge in [0.2, 0.25) is 5.91 Å². The van der Waals surface area contributed by atoms with E-state index < -0.39 is 0 Å². The summed E-state index contributed by atoms with van der Waals surface area (Å²) in [6.07, 6.45) is 8.05. The topological polar surface area (TPSA) is 83.8 Å². The van der Waals surface area contributed by atoms with Crippen LogP contribution in [-0.2, 0) is 4.79 Å². The van der Waals surface area contributed by atoms with Crippen LogP contribution in [0.5, 0.6) is 0 Å². The monoisotopic (exact) mass is 322 g/mol. The second-order valence-corrected chi connectivity index (χ2v) is 6.16. The van der Waals surface area contributed by atoms with Crippen LogP contribution in [0.15, 0.2) is 24.4 Å². The maximum Gasteiger partial charge on any atom is 0.224 e. The molecule has 0 unspecified atom stereocenters. The Balaban J connectivity index is 0.00000176. The van der Waals surface area contributed by atoms with Crippen LogP contribution in [0.3, 0.4) is 0 Å². The summed E-state index contributed by atoms with van der Waals surface area (Å²) < 4.78 is 0. The second kappa shape index (κ2) is 7.11. The number of nitrogens with one attached hydrogen (secondary N) is 2. The predicted octanol–water partition coefficient (Wildman–Crippen LogP) is 3.22. The first kappa shape index (κ1) is 16.8. The molecule has 1 aliphatic rings. The largest absolute Gasteiger partial charge is 0.330 e. The van der Waals surface area contributed by atoms with E-state index in [4.69, 9.17) is 5.73 Å². The first-order valence-electron chi connectivity index (χ1n) is 7.64. The van der Waals surface area contributed by atoms with Crippen molar-refractivity contribution in [1.29, 1.82) is 0 Å². The van der Waals surface area contributed by atoms with Crippen LogP contribution in [0.25, 0.3) is 10.9 Å². The van der Waals surface area contributed by atoms with E-state index in [1.165, 1.54) is 19.3 Å². The van der Waals surface area contributed by atoms with E-state index in [2.05, 4.69) is 15.5 Å². The average Bonchev–Trinajstić information content (AvgIpc) is 2.95. The molecule has 1 aromatic heterocycles. The van der Waals surface area contributed by atoms with Gasteiger partial charge in [0, 0.05) is 17.5 Å². The molecule has 0 spiro atoms. The molecule has 0 atom stereocenters. The van der Waals surface area contributed by atoms with Gasteiger partial charge in [-0.2, -0.15) is 5.10 Å². The van der Waals surface area contributed by atoms with Crippen molar-refractivity contribution in [3.8, 4) is 0 Å². The van der Waals surface area contributed by atoms with Crippen molar-refractivity contribution in [1.82, 2.24) is 10.2 Å². The van der Waals surface area contributed by atoms with E-state index in [-0.39, 0.29) is 23.7 Å². The Kier molecular flexibility index (Phi) is 5.42. The molecule has 1 amide bonds. The Hall–Kier alpha value is -1.59. The molecule has 1 aromatic carbocycles. The van der Waals surface area contributed by atoms with Crippen LogP contribution in [0.4, 0.5) is 5.69 Å². The SMILES string of the molecule is Cl.NCC1(CC(=O)Nc2ccc3cn[nH]c3c2)CCCCC1. The van der Waals surface area contributed by atoms with E-state index >= 15 is 0 Å². The summed E-state index contributed by atoms with van der Waals surface area (Å²) in [7, 11) is 0. The molecule has 1 aliphatic carbocycles. The van der Waals surface area contributed by atoms with Gasteiger partial charge in [-0.3, -0.25) is 9.89 Å². The number of aromatic amines is 1. The van der Waals surface area contributed by atoms with Gasteiger partial charge >= 0.3 is 0 Å². The number of rotatable bonds is 4. The third kappa shape index (κ3) is 3.59. The predicted molar refractivity (Wildman–Crippen MR) is 91.2 cm³/mol. The summed E-state index contributed by atoms with van der Waals surface area (Å²) in [4.78, 5) is 12.3. The van der Waals surface area contributed by atoms with Crippen LogP contribution >= 0.6 is 12.4 Å². The molecule has 120 valence electrons. The van der Waals surface area contributed by atoms with Gasteiger partial charge in [0.1, 0.15) is 0 Å². The Labute approximate surface area is 136 Å². The molecule has 1 heterocycles. The Morgan fingerprint density at radius 2 is 2.09 bits per heavy atom. The average molecular weight is 323 g/mol. The molecule has 0 aliphatic heterocycles. The fraction of sp³-hybridized carbons (Fsp3) is 0.500. The molecule has 1 fully saturated rings. The number of amides is 1. The highest BCUT2D eigenvalue weighted by atomic mass is 35.5. The van der Waals surface area contributed by atoms with Crippen LogP contribution in [0.1, 0.15) is 38.5 Å². The van der Waals surface area contributed by atoms with Gasteiger partial charge in [0.15, 0.2) is 0 Å². The number of hydrogen-bond acceptors (Lipinski definition) is 3. The molecule has 3 rings (SSSR count). The minimum absolute atomic E-state index is 0. The lowest BCUT2D eigenvalue weighted by Crippen LogP contribution is -2.36. The minimum atomic E-state index is 0. The molecule has 0 radical (unpaired) electrons. The number of anilines is 1. The van der Waals surface area contributed by atoms with E-state index in [0.717, 1.165) is 29.4 Å². The van der Waals surface area contributed by atoms with Crippen LogP contribution in [0.2, 0.25) is 0 Å². The minimum Gasteiger partial charge on any atom is -0.330 e. The summed E-state index contributed by atoms with van der Waals surface area (Å²) in [6, 6.07) is 5.77. The third-order valence-electron chi connectivity index (χ3n) is 4.61. The lowest BCUT2D eigenvalue weighted by Gasteiger charge is -2.35. The van der Waals surface area contributed by atoms with Crippen molar-refractivity contribution in [2.75, 3.05) is 11.9 Å². The fourth-order valence-electron chi connectivity index (χ4n) is 3.32. The number of carbonyl (C=O) groups excluding carboxylic acids is 1. The summed E-state index contributed by atoms with van der Waals surface area (Å²) in [5, 5.41) is 10.9. The van der Waals surface area contributed by atoms with Gasteiger partial charge in [-0.25, -0.2) is 0 Å². The maximum absolute atomic E-state index is 12.3. The van der Waals surface area contributed by atoms with Gasteiger partial charge in [0.05, 0.1) is 11.7 Å². The zero-order valence-electron chi connectivity index (χ0n) is 12.6. The molecule has 6 heteroatoms. The molecule has 0 bridgehead atoms. The van der Waals surface area contributed by atoms with Crippen molar-refractivity contribution < 1.29 is 4.79 Å². The molecule has 22 heavy (non-hydrogen) atoms. The Morgan fingerprint density at radius 3 is 2.82 bits per heavy atom. The highest BCUT2D eigenvalue weighted by Gasteiger charge is 2.32. The van der Waals surface area contributed by atoms with Gasteiger partial charge in [-0.05, 0) is 43.0 Å². The summed E-state index contributed by atoms with van der Waals surface area (Å²) in [6.45, 7) is 0.597. The maximum atomic E-state index is 12.3. The number of nitrogens with zero attached hydrogens (tertiary/aromatic N) is 1. The van der Waals surface area contributed by atoms with Crippen molar-refractivity contribution in [2.45, 2.75) is 38.5 Å². The standard InChI is InChI=1S/C16H22N4O.ClH/c17-11-16(6-2-1-3-7-16)9-15(21)19-13-5-4-12-10-18-20-14(12)8-13;/h4-5,8,10H,1-3,6-7,9,11,17H2,(H,18,20)(H,19,21);1H.